The molecule has 2 aromatic rings. The third-order valence-electron chi connectivity index (χ3n) is 3.54. The molecular weight excluding hydrogens is 288 g/mol. The highest BCUT2D eigenvalue weighted by atomic mass is 35.5. The molecule has 0 fully saturated rings. The van der Waals surface area contributed by atoms with E-state index in [-0.39, 0.29) is 10.7 Å². The van der Waals surface area contributed by atoms with Crippen molar-refractivity contribution in [3.05, 3.63) is 67.7 Å². The van der Waals surface area contributed by atoms with Gasteiger partial charge in [-0.25, -0.2) is 0 Å². The van der Waals surface area contributed by atoms with Crippen LogP contribution in [0.3, 0.4) is 0 Å². The summed E-state index contributed by atoms with van der Waals surface area (Å²) in [7, 11) is 0. The lowest BCUT2D eigenvalue weighted by Gasteiger charge is -2.11. The summed E-state index contributed by atoms with van der Waals surface area (Å²) < 4.78 is 0. The zero-order valence-corrected chi connectivity index (χ0v) is 13.0. The lowest BCUT2D eigenvalue weighted by Crippen LogP contribution is -2.02. The Hall–Kier alpha value is -2.07. The number of benzene rings is 2. The quantitative estimate of drug-likeness (QED) is 0.653. The smallest absolute Gasteiger partial charge is 0.288 e. The minimum atomic E-state index is -0.470. The van der Waals surface area contributed by atoms with E-state index >= 15 is 0 Å². The number of nitro benzene ring substituents is 1. The van der Waals surface area contributed by atoms with Crippen molar-refractivity contribution in [2.24, 2.45) is 0 Å². The van der Waals surface area contributed by atoms with Crippen LogP contribution in [0.1, 0.15) is 22.3 Å². The van der Waals surface area contributed by atoms with E-state index in [1.165, 1.54) is 17.2 Å². The van der Waals surface area contributed by atoms with Gasteiger partial charge in [0.25, 0.3) is 5.69 Å². The van der Waals surface area contributed by atoms with Crippen LogP contribution in [0.2, 0.25) is 5.02 Å². The first-order valence-corrected chi connectivity index (χ1v) is 7.01. The summed E-state index contributed by atoms with van der Waals surface area (Å²) in [5, 5.41) is 14.3. The zero-order valence-electron chi connectivity index (χ0n) is 12.2. The molecule has 0 radical (unpaired) electrons. The van der Waals surface area contributed by atoms with Gasteiger partial charge in [-0.3, -0.25) is 10.1 Å². The number of nitro groups is 1. The first-order valence-electron chi connectivity index (χ1n) is 6.63. The summed E-state index contributed by atoms with van der Waals surface area (Å²) in [4.78, 5) is 10.4. The first-order chi connectivity index (χ1) is 9.88. The largest absolute Gasteiger partial charge is 0.381 e. The maximum Gasteiger partial charge on any atom is 0.288 e. The van der Waals surface area contributed by atoms with Gasteiger partial charge in [-0.05, 0) is 49.1 Å². The number of aryl methyl sites for hydroxylation is 3. The molecule has 0 aromatic heterocycles. The van der Waals surface area contributed by atoms with Gasteiger partial charge in [0.2, 0.25) is 0 Å². The third-order valence-corrected chi connectivity index (χ3v) is 3.85. The van der Waals surface area contributed by atoms with Crippen LogP contribution in [-0.4, -0.2) is 4.92 Å². The highest BCUT2D eigenvalue weighted by molar-refractivity contribution is 6.33. The third kappa shape index (κ3) is 3.52. The number of halogens is 1. The van der Waals surface area contributed by atoms with Crippen molar-refractivity contribution in [3.8, 4) is 0 Å². The summed E-state index contributed by atoms with van der Waals surface area (Å²) >= 11 is 5.94. The van der Waals surface area contributed by atoms with Crippen LogP contribution in [-0.2, 0) is 6.54 Å². The van der Waals surface area contributed by atoms with Gasteiger partial charge < -0.3 is 5.32 Å². The number of anilines is 1. The molecule has 0 bridgehead atoms. The first kappa shape index (κ1) is 15.3. The number of hydrogen-bond donors (Lipinski definition) is 1. The van der Waals surface area contributed by atoms with Crippen LogP contribution >= 0.6 is 11.6 Å². The Morgan fingerprint density at radius 1 is 1.10 bits per heavy atom. The monoisotopic (exact) mass is 304 g/mol. The Morgan fingerprint density at radius 2 is 1.81 bits per heavy atom. The van der Waals surface area contributed by atoms with Gasteiger partial charge in [-0.2, -0.15) is 0 Å². The Kier molecular flexibility index (Phi) is 4.48. The summed E-state index contributed by atoms with van der Waals surface area (Å²) in [5.74, 6) is 0. The van der Waals surface area contributed by atoms with Crippen molar-refractivity contribution in [3.63, 3.8) is 0 Å². The number of rotatable bonds is 4. The molecule has 0 heterocycles. The maximum absolute atomic E-state index is 10.8. The standard InChI is InChI=1S/C16H17ClN2O2/c1-10-4-5-13(6-11(10)2)9-18-15-8-14(17)16(19(20)21)7-12(15)3/h4-8,18H,9H2,1-3H3. The fraction of sp³-hybridized carbons (Fsp3) is 0.250. The average Bonchev–Trinajstić information content (AvgIpc) is 2.42. The molecule has 0 amide bonds. The molecule has 4 nitrogen and oxygen atoms in total. The molecule has 0 aliphatic rings. The molecule has 5 heteroatoms. The Bertz CT molecular complexity index is 699. The van der Waals surface area contributed by atoms with Crippen molar-refractivity contribution in [2.45, 2.75) is 27.3 Å². The van der Waals surface area contributed by atoms with E-state index in [0.29, 0.717) is 6.54 Å². The van der Waals surface area contributed by atoms with E-state index in [0.717, 1.165) is 16.8 Å². The Morgan fingerprint density at radius 3 is 2.43 bits per heavy atom. The normalized spacial score (nSPS) is 10.5. The number of nitrogens with zero attached hydrogens (tertiary/aromatic N) is 1. The fourth-order valence-corrected chi connectivity index (χ4v) is 2.34. The molecule has 0 unspecified atom stereocenters. The van der Waals surface area contributed by atoms with Crippen molar-refractivity contribution >= 4 is 23.0 Å². The van der Waals surface area contributed by atoms with Crippen LogP contribution in [0.25, 0.3) is 0 Å². The molecule has 21 heavy (non-hydrogen) atoms. The zero-order chi connectivity index (χ0) is 15.6. The van der Waals surface area contributed by atoms with Crippen LogP contribution in [0.5, 0.6) is 0 Å². The molecule has 1 N–H and O–H groups in total. The predicted molar refractivity (Wildman–Crippen MR) is 86.1 cm³/mol. The Labute approximate surface area is 128 Å². The molecule has 2 rings (SSSR count). The van der Waals surface area contributed by atoms with Gasteiger partial charge in [-0.15, -0.1) is 0 Å². The van der Waals surface area contributed by atoms with Crippen LogP contribution in [0, 0.1) is 30.9 Å². The highest BCUT2D eigenvalue weighted by Crippen LogP contribution is 2.30. The van der Waals surface area contributed by atoms with Crippen molar-refractivity contribution in [2.75, 3.05) is 5.32 Å². The van der Waals surface area contributed by atoms with Crippen LogP contribution in [0.4, 0.5) is 11.4 Å². The topological polar surface area (TPSA) is 55.2 Å². The molecule has 0 saturated carbocycles. The van der Waals surface area contributed by atoms with Gasteiger partial charge in [0, 0.05) is 18.3 Å². The summed E-state index contributed by atoms with van der Waals surface area (Å²) in [6.45, 7) is 6.63. The molecule has 0 atom stereocenters. The number of hydrogen-bond acceptors (Lipinski definition) is 3. The van der Waals surface area contributed by atoms with Crippen LogP contribution < -0.4 is 5.32 Å². The second kappa shape index (κ2) is 6.14. The SMILES string of the molecule is Cc1ccc(CNc2cc(Cl)c([N+](=O)[O-])cc2C)cc1C. The van der Waals surface area contributed by atoms with E-state index in [2.05, 4.69) is 37.4 Å². The fourth-order valence-electron chi connectivity index (χ4n) is 2.11. The molecule has 0 aliphatic heterocycles. The van der Waals surface area contributed by atoms with E-state index in [1.807, 2.05) is 6.92 Å². The number of nitrogens with one attached hydrogen (secondary N) is 1. The molecule has 0 saturated heterocycles. The van der Waals surface area contributed by atoms with Gasteiger partial charge >= 0.3 is 0 Å². The van der Waals surface area contributed by atoms with E-state index < -0.39 is 4.92 Å². The predicted octanol–water partition coefficient (Wildman–Crippen LogP) is 4.79. The second-order valence-electron chi connectivity index (χ2n) is 5.15. The van der Waals surface area contributed by atoms with Crippen LogP contribution in [0.15, 0.2) is 30.3 Å². The molecule has 0 spiro atoms. The summed E-state index contributed by atoms with van der Waals surface area (Å²) in [6.07, 6.45) is 0. The van der Waals surface area contributed by atoms with Gasteiger partial charge in [-0.1, -0.05) is 29.8 Å². The van der Waals surface area contributed by atoms with Crippen molar-refractivity contribution < 1.29 is 4.92 Å². The summed E-state index contributed by atoms with van der Waals surface area (Å²) in [5.41, 5.74) is 5.21. The van der Waals surface area contributed by atoms with E-state index in [1.54, 1.807) is 6.07 Å². The molecule has 110 valence electrons. The molecule has 0 aliphatic carbocycles. The highest BCUT2D eigenvalue weighted by Gasteiger charge is 2.14. The second-order valence-corrected chi connectivity index (χ2v) is 5.56. The minimum Gasteiger partial charge on any atom is -0.381 e. The maximum atomic E-state index is 10.8. The lowest BCUT2D eigenvalue weighted by atomic mass is 10.1. The van der Waals surface area contributed by atoms with Gasteiger partial charge in [0.15, 0.2) is 0 Å². The Balaban J connectivity index is 2.18. The molecular formula is C16H17ClN2O2. The van der Waals surface area contributed by atoms with Gasteiger partial charge in [0.05, 0.1) is 4.92 Å². The minimum absolute atomic E-state index is 0.0640. The van der Waals surface area contributed by atoms with Crippen molar-refractivity contribution in [1.82, 2.24) is 0 Å². The lowest BCUT2D eigenvalue weighted by molar-refractivity contribution is -0.384. The summed E-state index contributed by atoms with van der Waals surface area (Å²) in [6, 6.07) is 9.38. The van der Waals surface area contributed by atoms with Crippen molar-refractivity contribution in [1.29, 1.82) is 0 Å². The molecule has 2 aromatic carbocycles. The average molecular weight is 305 g/mol. The van der Waals surface area contributed by atoms with E-state index in [9.17, 15) is 10.1 Å². The van der Waals surface area contributed by atoms with E-state index in [4.69, 9.17) is 11.6 Å². The van der Waals surface area contributed by atoms with Gasteiger partial charge in [0.1, 0.15) is 5.02 Å².